The Morgan fingerprint density at radius 2 is 1.92 bits per heavy atom. The van der Waals surface area contributed by atoms with Crippen LogP contribution in [0.15, 0.2) is 29.4 Å². The molecule has 24 heavy (non-hydrogen) atoms. The molecule has 1 heterocycles. The van der Waals surface area contributed by atoms with Gasteiger partial charge in [-0.1, -0.05) is 29.4 Å². The normalized spacial score (nSPS) is 19.1. The molecule has 0 aliphatic carbocycles. The highest BCUT2D eigenvalue weighted by molar-refractivity contribution is 6.06. The van der Waals surface area contributed by atoms with E-state index in [9.17, 15) is 9.59 Å². The Morgan fingerprint density at radius 1 is 1.29 bits per heavy atom. The lowest BCUT2D eigenvalue weighted by Gasteiger charge is -2.14. The summed E-state index contributed by atoms with van der Waals surface area (Å²) in [6.07, 6.45) is -0.0668. The molecule has 3 atom stereocenters. The van der Waals surface area contributed by atoms with Gasteiger partial charge in [-0.05, 0) is 5.56 Å². The Kier molecular flexibility index (Phi) is 5.27. The predicted octanol–water partition coefficient (Wildman–Crippen LogP) is -0.514. The van der Waals surface area contributed by atoms with E-state index < -0.39 is 23.8 Å². The molecule has 0 aromatic heterocycles. The highest BCUT2D eigenvalue weighted by Gasteiger charge is 2.30. The molecule has 9 heteroatoms. The first-order chi connectivity index (χ1) is 11.3. The number of hydrogen-bond acceptors (Lipinski definition) is 7. The van der Waals surface area contributed by atoms with Gasteiger partial charge in [-0.3, -0.25) is 15.0 Å². The molecule has 1 aliphatic rings. The first-order valence-corrected chi connectivity index (χ1v) is 7.22. The van der Waals surface area contributed by atoms with Crippen LogP contribution in [0.1, 0.15) is 30.1 Å². The van der Waals surface area contributed by atoms with Crippen LogP contribution in [-0.4, -0.2) is 40.5 Å². The Bertz CT molecular complexity index is 686. The monoisotopic (exact) mass is 333 g/mol. The van der Waals surface area contributed by atoms with Crippen LogP contribution in [-0.2, 0) is 14.4 Å². The summed E-state index contributed by atoms with van der Waals surface area (Å²) >= 11 is 0. The van der Waals surface area contributed by atoms with Gasteiger partial charge in [-0.15, -0.1) is 0 Å². The fourth-order valence-corrected chi connectivity index (χ4v) is 2.26. The molecule has 0 fully saturated rings. The number of carbonyl (C=O) groups is 2. The van der Waals surface area contributed by atoms with Crippen LogP contribution in [0.2, 0.25) is 0 Å². The molecule has 1 aromatic carbocycles. The van der Waals surface area contributed by atoms with Gasteiger partial charge in [0.05, 0.1) is 11.8 Å². The average molecular weight is 333 g/mol. The van der Waals surface area contributed by atoms with Crippen molar-refractivity contribution in [2.45, 2.75) is 31.0 Å². The van der Waals surface area contributed by atoms with Crippen LogP contribution >= 0.6 is 0 Å². The zero-order valence-electron chi connectivity index (χ0n) is 12.8. The molecule has 1 aliphatic heterocycles. The second-order valence-corrected chi connectivity index (χ2v) is 5.52. The minimum atomic E-state index is -1.45. The van der Waals surface area contributed by atoms with Gasteiger partial charge in [0.25, 0.3) is 0 Å². The number of nitrogens with one attached hydrogen (secondary N) is 1. The standard InChI is InChI=1S/C15H19N5O4/c16-12(13(17)15(22)23)10(21)5-9-6-11(24-20-9)7-1-3-8(4-2-7)14(18)19/h1-4,11-13H,5-6,16-17H2,(H3,18,19)(H,22,23)/t11?,12?,13-/m0/s1. The van der Waals surface area contributed by atoms with E-state index in [0.717, 1.165) is 5.56 Å². The fraction of sp³-hybridized carbons (Fsp3) is 0.333. The summed E-state index contributed by atoms with van der Waals surface area (Å²) < 4.78 is 0. The summed E-state index contributed by atoms with van der Waals surface area (Å²) in [7, 11) is 0. The van der Waals surface area contributed by atoms with Crippen molar-refractivity contribution >= 4 is 23.3 Å². The number of carbonyl (C=O) groups excluding carboxylic acids is 1. The van der Waals surface area contributed by atoms with Crippen LogP contribution < -0.4 is 17.2 Å². The summed E-state index contributed by atoms with van der Waals surface area (Å²) in [6.45, 7) is 0. The number of hydrogen-bond donors (Lipinski definition) is 5. The van der Waals surface area contributed by atoms with Crippen LogP contribution in [0.3, 0.4) is 0 Å². The number of oxime groups is 1. The maximum atomic E-state index is 12.0. The highest BCUT2D eigenvalue weighted by atomic mass is 16.6. The third-order valence-electron chi connectivity index (χ3n) is 3.75. The number of nitrogens with zero attached hydrogens (tertiary/aromatic N) is 1. The average Bonchev–Trinajstić information content (AvgIpc) is 3.01. The van der Waals surface area contributed by atoms with Crippen molar-refractivity contribution in [3.05, 3.63) is 35.4 Å². The summed E-state index contributed by atoms with van der Waals surface area (Å²) in [5.41, 5.74) is 18.2. The maximum absolute atomic E-state index is 12.0. The Balaban J connectivity index is 1.94. The second kappa shape index (κ2) is 7.20. The van der Waals surface area contributed by atoms with Crippen molar-refractivity contribution in [3.8, 4) is 0 Å². The number of Topliss-reactive ketones (excluding diaryl/α,β-unsaturated/α-hetero) is 1. The molecule has 0 saturated carbocycles. The number of nitrogens with two attached hydrogens (primary N) is 3. The number of nitrogen functional groups attached to an aromatic ring is 1. The second-order valence-electron chi connectivity index (χ2n) is 5.52. The number of ketones is 1. The van der Waals surface area contributed by atoms with E-state index in [1.807, 2.05) is 0 Å². The highest BCUT2D eigenvalue weighted by Crippen LogP contribution is 2.28. The lowest BCUT2D eigenvalue weighted by atomic mass is 9.97. The Morgan fingerprint density at radius 3 is 2.46 bits per heavy atom. The lowest BCUT2D eigenvalue weighted by Crippen LogP contribution is -2.51. The van der Waals surface area contributed by atoms with Gasteiger partial charge < -0.3 is 27.1 Å². The van der Waals surface area contributed by atoms with Gasteiger partial charge in [0.15, 0.2) is 11.9 Å². The van der Waals surface area contributed by atoms with E-state index in [1.165, 1.54) is 0 Å². The fourth-order valence-electron chi connectivity index (χ4n) is 2.26. The summed E-state index contributed by atoms with van der Waals surface area (Å²) in [5, 5.41) is 20.0. The molecule has 0 bridgehead atoms. The van der Waals surface area contributed by atoms with Crippen molar-refractivity contribution in [3.63, 3.8) is 0 Å². The third-order valence-corrected chi connectivity index (χ3v) is 3.75. The Hall–Kier alpha value is -2.78. The molecule has 0 spiro atoms. The largest absolute Gasteiger partial charge is 0.480 e. The number of amidine groups is 1. The van der Waals surface area contributed by atoms with Gasteiger partial charge in [-0.25, -0.2) is 0 Å². The topological polar surface area (TPSA) is 178 Å². The molecule has 0 amide bonds. The van der Waals surface area contributed by atoms with E-state index >= 15 is 0 Å². The molecular weight excluding hydrogens is 314 g/mol. The first-order valence-electron chi connectivity index (χ1n) is 7.22. The van der Waals surface area contributed by atoms with E-state index in [-0.39, 0.29) is 18.4 Å². The van der Waals surface area contributed by atoms with Crippen molar-refractivity contribution in [1.29, 1.82) is 5.41 Å². The zero-order valence-corrected chi connectivity index (χ0v) is 12.8. The maximum Gasteiger partial charge on any atom is 0.322 e. The smallest absolute Gasteiger partial charge is 0.322 e. The van der Waals surface area contributed by atoms with Crippen LogP contribution in [0.4, 0.5) is 0 Å². The first kappa shape index (κ1) is 17.6. The summed E-state index contributed by atoms with van der Waals surface area (Å²) in [5.74, 6) is -1.86. The zero-order chi connectivity index (χ0) is 17.9. The SMILES string of the molecule is N=C(N)c1ccc(C2CC(CC(=O)C(N)[C@H](N)C(=O)O)=NO2)cc1. The van der Waals surface area contributed by atoms with E-state index in [4.69, 9.17) is 32.6 Å². The van der Waals surface area contributed by atoms with Gasteiger partial charge in [0.2, 0.25) is 0 Å². The molecule has 8 N–H and O–H groups in total. The number of carboxylic acid groups (broad SMARTS) is 1. The molecule has 2 rings (SSSR count). The molecule has 2 unspecified atom stereocenters. The van der Waals surface area contributed by atoms with Crippen LogP contribution in [0.25, 0.3) is 0 Å². The van der Waals surface area contributed by atoms with E-state index in [1.54, 1.807) is 24.3 Å². The van der Waals surface area contributed by atoms with Gasteiger partial charge in [0.1, 0.15) is 11.9 Å². The van der Waals surface area contributed by atoms with Crippen molar-refractivity contribution < 1.29 is 19.5 Å². The third kappa shape index (κ3) is 3.94. The summed E-state index contributed by atoms with van der Waals surface area (Å²) in [4.78, 5) is 28.0. The van der Waals surface area contributed by atoms with Gasteiger partial charge in [0, 0.05) is 18.4 Å². The Labute approximate surface area is 137 Å². The minimum Gasteiger partial charge on any atom is -0.480 e. The number of benzene rings is 1. The summed E-state index contributed by atoms with van der Waals surface area (Å²) in [6, 6.07) is 4.20. The molecule has 1 aromatic rings. The van der Waals surface area contributed by atoms with Crippen LogP contribution in [0.5, 0.6) is 0 Å². The molecule has 0 saturated heterocycles. The molecule has 9 nitrogen and oxygen atoms in total. The van der Waals surface area contributed by atoms with E-state index in [0.29, 0.717) is 17.7 Å². The number of rotatable bonds is 7. The lowest BCUT2D eigenvalue weighted by molar-refractivity contribution is -0.140. The molecular formula is C15H19N5O4. The van der Waals surface area contributed by atoms with Gasteiger partial charge in [-0.2, -0.15) is 0 Å². The minimum absolute atomic E-state index is 0.0276. The predicted molar refractivity (Wildman–Crippen MR) is 86.5 cm³/mol. The number of carboxylic acids is 1. The molecule has 0 radical (unpaired) electrons. The van der Waals surface area contributed by atoms with Crippen LogP contribution in [0, 0.1) is 5.41 Å². The van der Waals surface area contributed by atoms with Gasteiger partial charge >= 0.3 is 5.97 Å². The molecule has 128 valence electrons. The van der Waals surface area contributed by atoms with Crippen molar-refractivity contribution in [1.82, 2.24) is 0 Å². The number of aliphatic carboxylic acids is 1. The van der Waals surface area contributed by atoms with Crippen molar-refractivity contribution in [2.24, 2.45) is 22.4 Å². The van der Waals surface area contributed by atoms with E-state index in [2.05, 4.69) is 5.16 Å². The van der Waals surface area contributed by atoms with Crippen molar-refractivity contribution in [2.75, 3.05) is 0 Å². The quantitative estimate of drug-likeness (QED) is 0.329.